The van der Waals surface area contributed by atoms with Crippen LogP contribution in [-0.4, -0.2) is 37.0 Å². The molecule has 0 radical (unpaired) electrons. The molecular weight excluding hydrogens is 361 g/mol. The van der Waals surface area contributed by atoms with Gasteiger partial charge in [-0.3, -0.25) is 9.35 Å². The molecule has 9 heteroatoms. The Morgan fingerprint density at radius 1 is 1.24 bits per heavy atom. The third kappa shape index (κ3) is 2.30. The van der Waals surface area contributed by atoms with Gasteiger partial charge in [0.15, 0.2) is 6.17 Å². The van der Waals surface area contributed by atoms with Crippen LogP contribution in [0.15, 0.2) is 0 Å². The van der Waals surface area contributed by atoms with E-state index in [1.165, 1.54) is 6.42 Å². The molecule has 4 aliphatic carbocycles. The molecule has 6 unspecified atom stereocenters. The maximum absolute atomic E-state index is 13.5. The van der Waals surface area contributed by atoms with Gasteiger partial charge in [0.1, 0.15) is 0 Å². The van der Waals surface area contributed by atoms with Gasteiger partial charge in [-0.2, -0.15) is 17.2 Å². The van der Waals surface area contributed by atoms with Crippen molar-refractivity contribution >= 4 is 16.1 Å². The highest BCUT2D eigenvalue weighted by Crippen LogP contribution is 2.78. The largest absolute Gasteiger partial charge is 0.465 e. The Balaban J connectivity index is 1.36. The third-order valence-electron chi connectivity index (χ3n) is 7.21. The number of fused-ring (bicyclic) bond motifs is 2. The van der Waals surface area contributed by atoms with Gasteiger partial charge in [0.25, 0.3) is 0 Å². The molecule has 0 amide bonds. The Morgan fingerprint density at radius 3 is 2.64 bits per heavy atom. The average Bonchev–Trinajstić information content (AvgIpc) is 2.81. The molecule has 0 aliphatic heterocycles. The summed E-state index contributed by atoms with van der Waals surface area (Å²) in [5.41, 5.74) is -0.307. The first kappa shape index (κ1) is 17.6. The molecule has 0 saturated heterocycles. The Kier molecular flexibility index (Phi) is 3.60. The molecule has 0 aromatic heterocycles. The van der Waals surface area contributed by atoms with E-state index in [2.05, 4.69) is 0 Å². The van der Waals surface area contributed by atoms with Crippen LogP contribution in [0.1, 0.15) is 44.9 Å². The summed E-state index contributed by atoms with van der Waals surface area (Å²) >= 11 is 0. The quantitative estimate of drug-likeness (QED) is 0.564. The number of hydrogen-bond donors (Lipinski definition) is 1. The van der Waals surface area contributed by atoms with Gasteiger partial charge < -0.3 is 4.74 Å². The van der Waals surface area contributed by atoms with Gasteiger partial charge in [0, 0.05) is 6.42 Å². The molecule has 1 N–H and O–H groups in total. The van der Waals surface area contributed by atoms with Crippen LogP contribution in [0.3, 0.4) is 0 Å². The van der Waals surface area contributed by atoms with Gasteiger partial charge in [0.2, 0.25) is 0 Å². The Hall–Kier alpha value is -0.830. The minimum absolute atomic E-state index is 0.266. The monoisotopic (exact) mass is 382 g/mol. The molecule has 5 nitrogen and oxygen atoms in total. The summed E-state index contributed by atoms with van der Waals surface area (Å²) in [6.45, 7) is -0.626. The van der Waals surface area contributed by atoms with Crippen molar-refractivity contribution in [2.45, 2.75) is 56.4 Å². The van der Waals surface area contributed by atoms with Crippen LogP contribution in [-0.2, 0) is 19.6 Å². The summed E-state index contributed by atoms with van der Waals surface area (Å²) in [4.78, 5) is 12.6. The van der Waals surface area contributed by atoms with Crippen molar-refractivity contribution in [2.24, 2.45) is 28.6 Å². The lowest BCUT2D eigenvalue weighted by molar-refractivity contribution is -0.159. The Labute approximate surface area is 144 Å². The highest BCUT2D eigenvalue weighted by atomic mass is 32.2. The van der Waals surface area contributed by atoms with Crippen LogP contribution in [0, 0.1) is 28.6 Å². The van der Waals surface area contributed by atoms with E-state index in [1.807, 2.05) is 0 Å². The molecule has 1 spiro atoms. The predicted octanol–water partition coefficient (Wildman–Crippen LogP) is 2.95. The van der Waals surface area contributed by atoms with Gasteiger partial charge in [-0.05, 0) is 61.7 Å². The smallest absolute Gasteiger partial charge is 0.400 e. The number of rotatable bonds is 6. The van der Waals surface area contributed by atoms with Crippen molar-refractivity contribution in [3.63, 3.8) is 0 Å². The first-order valence-corrected chi connectivity index (χ1v) is 10.1. The molecule has 0 heterocycles. The van der Waals surface area contributed by atoms with E-state index in [0.29, 0.717) is 17.8 Å². The van der Waals surface area contributed by atoms with E-state index >= 15 is 0 Å². The molecule has 0 aromatic rings. The number of hydrogen-bond acceptors (Lipinski definition) is 4. The fraction of sp³-hybridized carbons (Fsp3) is 0.938. The highest BCUT2D eigenvalue weighted by Gasteiger charge is 2.73. The van der Waals surface area contributed by atoms with Gasteiger partial charge in [-0.15, -0.1) is 0 Å². The number of carbonyl (C=O) groups excluding carboxylic acids is 1. The predicted molar refractivity (Wildman–Crippen MR) is 80.0 cm³/mol. The van der Waals surface area contributed by atoms with Gasteiger partial charge in [-0.1, -0.05) is 0 Å². The van der Waals surface area contributed by atoms with Crippen LogP contribution in [0.25, 0.3) is 0 Å². The van der Waals surface area contributed by atoms with Crippen LogP contribution < -0.4 is 0 Å². The summed E-state index contributed by atoms with van der Waals surface area (Å²) in [5.74, 6) is 1.28. The maximum atomic E-state index is 13.5. The van der Waals surface area contributed by atoms with E-state index in [1.54, 1.807) is 0 Å². The minimum Gasteiger partial charge on any atom is -0.465 e. The summed E-state index contributed by atoms with van der Waals surface area (Å²) in [6, 6.07) is 0. The van der Waals surface area contributed by atoms with Gasteiger partial charge >= 0.3 is 21.3 Å². The molecule has 0 aromatic carbocycles. The number of alkyl halides is 3. The van der Waals surface area contributed by atoms with Crippen molar-refractivity contribution in [3.8, 4) is 0 Å². The summed E-state index contributed by atoms with van der Waals surface area (Å²) < 4.78 is 74.3. The number of esters is 1. The lowest BCUT2D eigenvalue weighted by atomic mass is 9.55. The van der Waals surface area contributed by atoms with Crippen molar-refractivity contribution in [1.29, 1.82) is 0 Å². The molecule has 4 fully saturated rings. The normalized spacial score (nSPS) is 42.8. The molecule has 4 rings (SSSR count). The molecule has 4 aliphatic rings. The summed E-state index contributed by atoms with van der Waals surface area (Å²) in [6.07, 6.45) is 1.67. The van der Waals surface area contributed by atoms with E-state index in [9.17, 15) is 26.4 Å². The number of carbonyl (C=O) groups is 1. The van der Waals surface area contributed by atoms with Gasteiger partial charge in [-0.25, -0.2) is 4.39 Å². The van der Waals surface area contributed by atoms with E-state index < -0.39 is 46.0 Å². The standard InChI is InChI=1S/C16H21F3O5S/c17-12(16(18,19)25(21,22)23)1-2-24-13(20)14-5-9-3-10-4-11(7-14)15(10,6-9)8-14/h9-12H,1-8H2,(H,21,22,23). The number of halogens is 3. The second-order valence-electron chi connectivity index (χ2n) is 8.46. The Morgan fingerprint density at radius 2 is 1.96 bits per heavy atom. The van der Waals surface area contributed by atoms with Crippen molar-refractivity contribution in [1.82, 2.24) is 0 Å². The van der Waals surface area contributed by atoms with E-state index in [4.69, 9.17) is 9.29 Å². The second kappa shape index (κ2) is 5.12. The molecule has 4 saturated carbocycles. The fourth-order valence-electron chi connectivity index (χ4n) is 6.33. The highest BCUT2D eigenvalue weighted by molar-refractivity contribution is 7.86. The first-order chi connectivity index (χ1) is 11.5. The maximum Gasteiger partial charge on any atom is 0.400 e. The topological polar surface area (TPSA) is 80.7 Å². The fourth-order valence-corrected chi connectivity index (χ4v) is 6.78. The summed E-state index contributed by atoms with van der Waals surface area (Å²) in [7, 11) is -5.84. The molecule has 6 atom stereocenters. The minimum atomic E-state index is -5.84. The van der Waals surface area contributed by atoms with Crippen LogP contribution >= 0.6 is 0 Å². The third-order valence-corrected chi connectivity index (χ3v) is 8.16. The molecular formula is C16H21F3O5S. The SMILES string of the molecule is O=C(OCCC(F)C(F)(F)S(=O)(=O)O)C12CC3CC4CC(C1)C4(C3)C2. The zero-order chi connectivity index (χ0) is 18.3. The van der Waals surface area contributed by atoms with E-state index in [0.717, 1.165) is 32.1 Å². The second-order valence-corrected chi connectivity index (χ2v) is 9.96. The zero-order valence-corrected chi connectivity index (χ0v) is 14.4. The van der Waals surface area contributed by atoms with Crippen molar-refractivity contribution < 1.29 is 35.7 Å². The zero-order valence-electron chi connectivity index (χ0n) is 13.6. The Bertz CT molecular complexity index is 707. The lowest BCUT2D eigenvalue weighted by Crippen LogP contribution is -2.42. The van der Waals surface area contributed by atoms with Crippen LogP contribution in [0.5, 0.6) is 0 Å². The van der Waals surface area contributed by atoms with Crippen LogP contribution in [0.4, 0.5) is 13.2 Å². The number of ether oxygens (including phenoxy) is 1. The molecule has 142 valence electrons. The van der Waals surface area contributed by atoms with Gasteiger partial charge in [0.05, 0.1) is 12.0 Å². The first-order valence-electron chi connectivity index (χ1n) is 8.66. The van der Waals surface area contributed by atoms with E-state index in [-0.39, 0.29) is 5.41 Å². The molecule has 3 bridgehead atoms. The van der Waals surface area contributed by atoms with Crippen LogP contribution in [0.2, 0.25) is 0 Å². The van der Waals surface area contributed by atoms with Crippen molar-refractivity contribution in [3.05, 3.63) is 0 Å². The average molecular weight is 382 g/mol. The molecule has 25 heavy (non-hydrogen) atoms. The summed E-state index contributed by atoms with van der Waals surface area (Å²) in [5, 5.41) is -4.90. The van der Waals surface area contributed by atoms with Crippen molar-refractivity contribution in [2.75, 3.05) is 6.61 Å². The lowest BCUT2D eigenvalue weighted by Gasteiger charge is -2.49.